The normalized spacial score (nSPS) is 16.4. The van der Waals surface area contributed by atoms with Crippen molar-refractivity contribution in [1.82, 2.24) is 19.4 Å². The number of pyridine rings is 1. The molecular formula is C40H38ClFN8O7. The zero-order valence-corrected chi connectivity index (χ0v) is 32.0. The third kappa shape index (κ3) is 7.06. The number of nitrogens with two attached hydrogens (primary N) is 1. The van der Waals surface area contributed by atoms with Crippen molar-refractivity contribution < 1.29 is 33.3 Å². The van der Waals surface area contributed by atoms with Crippen LogP contribution in [0.2, 0.25) is 5.02 Å². The lowest BCUT2D eigenvalue weighted by molar-refractivity contribution is -0.112. The maximum atomic E-state index is 15.6. The highest BCUT2D eigenvalue weighted by molar-refractivity contribution is 6.55. The van der Waals surface area contributed by atoms with E-state index in [-0.39, 0.29) is 47.0 Å². The Morgan fingerprint density at radius 2 is 1.72 bits per heavy atom. The maximum absolute atomic E-state index is 15.6. The zero-order valence-electron chi connectivity index (χ0n) is 31.3. The number of piperazine rings is 1. The number of halogens is 2. The van der Waals surface area contributed by atoms with Gasteiger partial charge in [0.1, 0.15) is 22.9 Å². The first-order valence-electron chi connectivity index (χ1n) is 18.2. The van der Waals surface area contributed by atoms with Crippen molar-refractivity contribution in [3.05, 3.63) is 98.2 Å². The molecule has 57 heavy (non-hydrogen) atoms. The molecule has 2 aromatic heterocycles. The summed E-state index contributed by atoms with van der Waals surface area (Å²) >= 11 is 6.39. The number of carboxylic acids is 1. The Labute approximate surface area is 330 Å². The van der Waals surface area contributed by atoms with Gasteiger partial charge in [0.05, 0.1) is 44.9 Å². The van der Waals surface area contributed by atoms with Crippen LogP contribution in [-0.2, 0) is 11.2 Å². The number of nitrogen functional groups attached to an aromatic ring is 1. The lowest BCUT2D eigenvalue weighted by Crippen LogP contribution is -2.51. The van der Waals surface area contributed by atoms with Crippen molar-refractivity contribution in [2.45, 2.75) is 25.3 Å². The number of nitrogens with zero attached hydrogens (tertiary/aromatic N) is 7. The first-order chi connectivity index (χ1) is 27.5. The minimum Gasteiger partial charge on any atom is -0.493 e. The molecule has 5 aromatic rings. The number of amides is 1. The van der Waals surface area contributed by atoms with Crippen LogP contribution in [0.5, 0.6) is 17.2 Å². The van der Waals surface area contributed by atoms with Gasteiger partial charge in [-0.3, -0.25) is 19.4 Å². The van der Waals surface area contributed by atoms with E-state index in [1.54, 1.807) is 39.9 Å². The van der Waals surface area contributed by atoms with E-state index in [0.717, 1.165) is 24.5 Å². The number of methoxy groups -OCH3 is 3. The van der Waals surface area contributed by atoms with Crippen LogP contribution in [0.4, 0.5) is 27.5 Å². The Balaban J connectivity index is 0.996. The second-order valence-corrected chi connectivity index (χ2v) is 14.5. The number of aromatic carboxylic acids is 1. The Morgan fingerprint density at radius 1 is 1.00 bits per heavy atom. The Bertz CT molecular complexity index is 2530. The van der Waals surface area contributed by atoms with Gasteiger partial charge in [0.15, 0.2) is 11.5 Å². The van der Waals surface area contributed by atoms with Crippen LogP contribution in [-0.4, -0.2) is 96.3 Å². The van der Waals surface area contributed by atoms with Gasteiger partial charge in [-0.1, -0.05) is 11.6 Å². The summed E-state index contributed by atoms with van der Waals surface area (Å²) in [6.07, 6.45) is 5.00. The van der Waals surface area contributed by atoms with E-state index in [2.05, 4.69) is 19.9 Å². The molecule has 294 valence electrons. The van der Waals surface area contributed by atoms with Crippen molar-refractivity contribution >= 4 is 63.2 Å². The second-order valence-electron chi connectivity index (χ2n) is 14.0. The molecule has 0 bridgehead atoms. The van der Waals surface area contributed by atoms with E-state index in [4.69, 9.17) is 31.5 Å². The average Bonchev–Trinajstić information content (AvgIpc) is 4.02. The molecule has 1 amide bonds. The highest BCUT2D eigenvalue weighted by Crippen LogP contribution is 2.40. The van der Waals surface area contributed by atoms with Crippen LogP contribution in [0, 0.1) is 5.82 Å². The number of rotatable bonds is 11. The van der Waals surface area contributed by atoms with Gasteiger partial charge < -0.3 is 34.5 Å². The summed E-state index contributed by atoms with van der Waals surface area (Å²) in [4.78, 5) is 57.8. The summed E-state index contributed by atoms with van der Waals surface area (Å²) < 4.78 is 33.8. The predicted octanol–water partition coefficient (Wildman–Crippen LogP) is 5.06. The van der Waals surface area contributed by atoms with Crippen molar-refractivity contribution in [3.8, 4) is 17.2 Å². The quantitative estimate of drug-likeness (QED) is 0.182. The van der Waals surface area contributed by atoms with Crippen molar-refractivity contribution in [2.75, 3.05) is 69.7 Å². The minimum absolute atomic E-state index is 0.00887. The molecule has 1 saturated carbocycles. The number of carboxylic acid groups (broad SMARTS) is 1. The predicted molar refractivity (Wildman–Crippen MR) is 213 cm³/mol. The number of aromatic nitrogens is 3. The molecule has 3 aromatic carbocycles. The molecule has 4 heterocycles. The molecule has 2 aliphatic heterocycles. The van der Waals surface area contributed by atoms with Crippen LogP contribution in [0.25, 0.3) is 10.9 Å². The minimum atomic E-state index is -1.34. The van der Waals surface area contributed by atoms with E-state index >= 15 is 4.39 Å². The smallest absolute Gasteiger partial charge is 0.341 e. The summed E-state index contributed by atoms with van der Waals surface area (Å²) in [5, 5.41) is 10.1. The third-order valence-electron chi connectivity index (χ3n) is 10.5. The fourth-order valence-electron chi connectivity index (χ4n) is 7.43. The molecule has 1 aliphatic carbocycles. The third-order valence-corrected chi connectivity index (χ3v) is 10.7. The number of hydrogen-bond donors (Lipinski definition) is 2. The number of ether oxygens (including phenoxy) is 3. The SMILES string of the molecule is COc1cc(Cc2cnc(/N=C3\C(=O)N(CN4CCN(c5cc6c(cc5F)c(=O)c(C(=O)O)cn6C5CC5)CC4)c4ccc(Cl)cc43)nc2N)cc(OC)c1OC. The molecule has 15 nitrogen and oxygen atoms in total. The van der Waals surface area contributed by atoms with E-state index in [9.17, 15) is 19.5 Å². The molecular weight excluding hydrogens is 759 g/mol. The summed E-state index contributed by atoms with van der Waals surface area (Å²) in [5.74, 6) is -0.642. The Hall–Kier alpha value is -6.26. The summed E-state index contributed by atoms with van der Waals surface area (Å²) in [6, 6.07) is 11.6. The molecule has 3 aliphatic rings. The Morgan fingerprint density at radius 3 is 2.35 bits per heavy atom. The molecule has 1 saturated heterocycles. The number of aliphatic imine (C=N–C) groups is 1. The van der Waals surface area contributed by atoms with Gasteiger partial charge in [-0.2, -0.15) is 4.98 Å². The van der Waals surface area contributed by atoms with Gasteiger partial charge >= 0.3 is 5.97 Å². The van der Waals surface area contributed by atoms with Crippen LogP contribution in [0.1, 0.15) is 45.9 Å². The summed E-state index contributed by atoms with van der Waals surface area (Å²) in [6.45, 7) is 2.11. The lowest BCUT2D eigenvalue weighted by atomic mass is 10.1. The molecule has 0 atom stereocenters. The number of carbonyl (C=O) groups is 2. The molecule has 3 N–H and O–H groups in total. The van der Waals surface area contributed by atoms with Crippen LogP contribution in [0.3, 0.4) is 0 Å². The topological polar surface area (TPSA) is 178 Å². The molecule has 17 heteroatoms. The van der Waals surface area contributed by atoms with E-state index < -0.39 is 17.2 Å². The summed E-state index contributed by atoms with van der Waals surface area (Å²) in [5.41, 5.74) is 8.87. The van der Waals surface area contributed by atoms with Gasteiger partial charge in [-0.25, -0.2) is 19.2 Å². The van der Waals surface area contributed by atoms with Crippen LogP contribution < -0.4 is 35.2 Å². The first kappa shape index (κ1) is 37.7. The summed E-state index contributed by atoms with van der Waals surface area (Å²) in [7, 11) is 4.61. The van der Waals surface area contributed by atoms with Crippen LogP contribution in [0.15, 0.2) is 64.6 Å². The molecule has 0 radical (unpaired) electrons. The standard InChI is InChI=1S/C40H38ClFN8O7/c1-55-32-13-21(14-33(56-2)36(32)57-3)12-22-18-44-40(46-37(22)43)45-34-25-15-23(41)4-7-29(25)50(38(34)52)20-47-8-10-48(11-9-47)31-17-30-26(16-28(31)42)35(51)27(39(53)54)19-49(30)24-5-6-24/h4,7,13-19,24H,5-6,8-12,20H2,1-3H3,(H,53,54)(H2,43,44,46)/b45-34-. The first-order valence-corrected chi connectivity index (χ1v) is 18.6. The number of hydrogen-bond acceptors (Lipinski definition) is 12. The Kier molecular flexibility index (Phi) is 9.91. The molecule has 2 fully saturated rings. The maximum Gasteiger partial charge on any atom is 0.341 e. The molecule has 0 unspecified atom stereocenters. The number of anilines is 3. The zero-order chi connectivity index (χ0) is 40.1. The fourth-order valence-corrected chi connectivity index (χ4v) is 7.60. The lowest BCUT2D eigenvalue weighted by Gasteiger charge is -2.38. The molecule has 8 rings (SSSR count). The van der Waals surface area contributed by atoms with E-state index in [0.29, 0.717) is 82.9 Å². The van der Waals surface area contributed by atoms with Gasteiger partial charge in [0, 0.05) is 72.6 Å². The van der Waals surface area contributed by atoms with E-state index in [1.807, 2.05) is 17.0 Å². The van der Waals surface area contributed by atoms with Crippen LogP contribution >= 0.6 is 11.6 Å². The largest absolute Gasteiger partial charge is 0.493 e. The fraction of sp³-hybridized carbons (Fsp3) is 0.300. The van der Waals surface area contributed by atoms with Gasteiger partial charge in [-0.05, 0) is 60.9 Å². The number of fused-ring (bicyclic) bond motifs is 2. The van der Waals surface area contributed by atoms with Crippen molar-refractivity contribution in [3.63, 3.8) is 0 Å². The molecule has 0 spiro atoms. The number of benzene rings is 3. The van der Waals surface area contributed by atoms with Crippen molar-refractivity contribution in [2.24, 2.45) is 4.99 Å². The monoisotopic (exact) mass is 796 g/mol. The van der Waals surface area contributed by atoms with Gasteiger partial charge in [-0.15, -0.1) is 0 Å². The van der Waals surface area contributed by atoms with Gasteiger partial charge in [0.2, 0.25) is 11.2 Å². The highest BCUT2D eigenvalue weighted by Gasteiger charge is 2.36. The van der Waals surface area contributed by atoms with E-state index in [1.165, 1.54) is 27.5 Å². The second kappa shape index (κ2) is 15.0. The van der Waals surface area contributed by atoms with Crippen molar-refractivity contribution in [1.29, 1.82) is 0 Å². The van der Waals surface area contributed by atoms with Gasteiger partial charge in [0.25, 0.3) is 11.9 Å². The number of carbonyl (C=O) groups excluding carboxylic acids is 1. The average molecular weight is 797 g/mol. The highest BCUT2D eigenvalue weighted by atomic mass is 35.5.